The number of carbonyl (C=O) groups is 2. The number of rotatable bonds is 2. The number of urea groups is 1. The summed E-state index contributed by atoms with van der Waals surface area (Å²) in [6.07, 6.45) is -2.15. The Labute approximate surface area is 152 Å². The Morgan fingerprint density at radius 1 is 1.04 bits per heavy atom. The van der Waals surface area contributed by atoms with Crippen molar-refractivity contribution >= 4 is 11.9 Å². The molecule has 4 fully saturated rings. The molecular weight excluding hydrogens is 340 g/mol. The molecule has 0 aromatic rings. The van der Waals surface area contributed by atoms with Crippen LogP contribution in [0.15, 0.2) is 0 Å². The smallest absolute Gasteiger partial charge is 0.326 e. The Morgan fingerprint density at radius 3 is 2.12 bits per heavy atom. The van der Waals surface area contributed by atoms with Gasteiger partial charge in [-0.15, -0.1) is 0 Å². The lowest BCUT2D eigenvalue weighted by molar-refractivity contribution is -0.233. The molecule has 26 heavy (non-hydrogen) atoms. The van der Waals surface area contributed by atoms with Crippen LogP contribution in [-0.2, 0) is 9.53 Å². The van der Waals surface area contributed by atoms with Gasteiger partial charge in [-0.05, 0) is 10.8 Å². The van der Waals surface area contributed by atoms with E-state index in [2.05, 4.69) is 5.32 Å². The molecule has 0 aromatic heterocycles. The van der Waals surface area contributed by atoms with Crippen molar-refractivity contribution in [3.8, 4) is 0 Å². The van der Waals surface area contributed by atoms with E-state index in [9.17, 15) is 24.9 Å². The molecule has 3 amide bonds. The maximum absolute atomic E-state index is 12.8. The second-order valence-corrected chi connectivity index (χ2v) is 9.88. The molecule has 0 aromatic carbocycles. The van der Waals surface area contributed by atoms with Crippen molar-refractivity contribution in [2.24, 2.45) is 22.2 Å². The summed E-state index contributed by atoms with van der Waals surface area (Å²) in [5.41, 5.74) is -5.09. The SMILES string of the molecule is CC1(C)[C@@H]2C(=O)NC(=O)N(C3O[C@H](CO)[C@]4(O)C(C)(C)[C@]34O)[C@@H]2C1(C)C. The highest BCUT2D eigenvalue weighted by molar-refractivity contribution is 6.00. The van der Waals surface area contributed by atoms with E-state index in [4.69, 9.17) is 4.74 Å². The van der Waals surface area contributed by atoms with E-state index in [-0.39, 0.29) is 11.3 Å². The average Bonchev–Trinajstić information content (AvgIpc) is 2.76. The second kappa shape index (κ2) is 4.43. The average molecular weight is 368 g/mol. The van der Waals surface area contributed by atoms with Crippen LogP contribution in [0, 0.1) is 22.2 Å². The van der Waals surface area contributed by atoms with E-state index in [1.165, 1.54) is 4.90 Å². The van der Waals surface area contributed by atoms with E-state index in [0.717, 1.165) is 0 Å². The molecule has 4 rings (SSSR count). The molecular formula is C18H28N2O6. The Morgan fingerprint density at radius 2 is 1.62 bits per heavy atom. The Balaban J connectivity index is 1.79. The summed E-state index contributed by atoms with van der Waals surface area (Å²) in [6.45, 7) is 10.8. The summed E-state index contributed by atoms with van der Waals surface area (Å²) in [5.74, 6) is -0.764. The van der Waals surface area contributed by atoms with Crippen LogP contribution in [0.5, 0.6) is 0 Å². The Hall–Kier alpha value is -1.22. The summed E-state index contributed by atoms with van der Waals surface area (Å²) in [6, 6.07) is -1.10. The third-order valence-electron chi connectivity index (χ3n) is 8.50. The third kappa shape index (κ3) is 1.43. The van der Waals surface area contributed by atoms with E-state index in [0.29, 0.717) is 0 Å². The van der Waals surface area contributed by atoms with Crippen molar-refractivity contribution in [1.29, 1.82) is 0 Å². The molecule has 2 heterocycles. The maximum atomic E-state index is 12.8. The van der Waals surface area contributed by atoms with Crippen LogP contribution in [-0.4, -0.2) is 68.3 Å². The van der Waals surface area contributed by atoms with Gasteiger partial charge < -0.3 is 20.1 Å². The molecule has 2 saturated heterocycles. The third-order valence-corrected chi connectivity index (χ3v) is 8.50. The van der Waals surface area contributed by atoms with Crippen LogP contribution in [0.2, 0.25) is 0 Å². The topological polar surface area (TPSA) is 119 Å². The zero-order valence-corrected chi connectivity index (χ0v) is 16.0. The molecule has 0 bridgehead atoms. The van der Waals surface area contributed by atoms with Crippen molar-refractivity contribution in [1.82, 2.24) is 10.2 Å². The number of nitrogens with zero attached hydrogens (tertiary/aromatic N) is 1. The highest BCUT2D eigenvalue weighted by Gasteiger charge is 2.94. The minimum absolute atomic E-state index is 0.324. The van der Waals surface area contributed by atoms with Gasteiger partial charge in [-0.25, -0.2) is 4.79 Å². The monoisotopic (exact) mass is 368 g/mol. The lowest BCUT2D eigenvalue weighted by atomic mass is 9.42. The summed E-state index contributed by atoms with van der Waals surface area (Å²) in [5, 5.41) is 34.3. The van der Waals surface area contributed by atoms with Crippen molar-refractivity contribution in [2.75, 3.05) is 6.61 Å². The van der Waals surface area contributed by atoms with Gasteiger partial charge in [0.1, 0.15) is 17.3 Å². The molecule has 4 aliphatic rings. The van der Waals surface area contributed by atoms with Gasteiger partial charge >= 0.3 is 6.03 Å². The standard InChI is InChI=1S/C18H28N2O6/c1-14(2)9-10(15(14,3)4)20(13(23)19-11(9)22)12-18(25)16(5,6)17(18,24)8(7-21)26-12/h8-10,12,21,24-25H,7H2,1-6H3,(H,19,22,23)/t8-,9+,10+,12?,17+,18-/m1/s1. The predicted octanol–water partition coefficient (Wildman–Crippen LogP) is -0.192. The minimum atomic E-state index is -1.72. The van der Waals surface area contributed by atoms with Gasteiger partial charge in [0.2, 0.25) is 5.91 Å². The number of nitrogens with one attached hydrogen (secondary N) is 1. The van der Waals surface area contributed by atoms with Crippen LogP contribution in [0.3, 0.4) is 0 Å². The van der Waals surface area contributed by atoms with Crippen LogP contribution in [0.1, 0.15) is 41.5 Å². The molecule has 0 radical (unpaired) electrons. The van der Waals surface area contributed by atoms with E-state index >= 15 is 0 Å². The van der Waals surface area contributed by atoms with Crippen molar-refractivity contribution in [3.63, 3.8) is 0 Å². The Bertz CT molecular complexity index is 718. The number of hydrogen-bond acceptors (Lipinski definition) is 6. The molecule has 146 valence electrons. The molecule has 2 aliphatic carbocycles. The minimum Gasteiger partial charge on any atom is -0.394 e. The quantitative estimate of drug-likeness (QED) is 0.536. The largest absolute Gasteiger partial charge is 0.394 e. The number of ether oxygens (including phenoxy) is 1. The van der Waals surface area contributed by atoms with Crippen LogP contribution < -0.4 is 5.32 Å². The first-order valence-electron chi connectivity index (χ1n) is 9.07. The first kappa shape index (κ1) is 18.2. The Kier molecular flexibility index (Phi) is 3.09. The molecule has 6 atom stereocenters. The number of fused-ring (bicyclic) bond motifs is 2. The molecule has 1 unspecified atom stereocenters. The van der Waals surface area contributed by atoms with Gasteiger partial charge in [-0.1, -0.05) is 41.5 Å². The lowest BCUT2D eigenvalue weighted by Gasteiger charge is -2.68. The number of aliphatic hydroxyl groups is 3. The molecule has 2 aliphatic heterocycles. The molecule has 8 heteroatoms. The molecule has 0 spiro atoms. The van der Waals surface area contributed by atoms with Crippen LogP contribution in [0.4, 0.5) is 4.79 Å². The number of imide groups is 1. The number of carbonyl (C=O) groups excluding carboxylic acids is 2. The summed E-state index contributed by atoms with van der Waals surface area (Å²) in [7, 11) is 0. The highest BCUT2D eigenvalue weighted by Crippen LogP contribution is 2.74. The fourth-order valence-electron chi connectivity index (χ4n) is 5.94. The molecule has 8 nitrogen and oxygen atoms in total. The van der Waals surface area contributed by atoms with Crippen molar-refractivity contribution < 1.29 is 29.6 Å². The maximum Gasteiger partial charge on any atom is 0.326 e. The van der Waals surface area contributed by atoms with Crippen molar-refractivity contribution in [3.05, 3.63) is 0 Å². The van der Waals surface area contributed by atoms with Crippen LogP contribution >= 0.6 is 0 Å². The van der Waals surface area contributed by atoms with Gasteiger partial charge in [-0.3, -0.25) is 15.0 Å². The first-order chi connectivity index (χ1) is 11.7. The van der Waals surface area contributed by atoms with Gasteiger partial charge in [0, 0.05) is 5.41 Å². The van der Waals surface area contributed by atoms with Crippen molar-refractivity contribution in [2.45, 2.75) is 71.1 Å². The molecule has 2 saturated carbocycles. The zero-order chi connectivity index (χ0) is 19.7. The van der Waals surface area contributed by atoms with Gasteiger partial charge in [0.25, 0.3) is 0 Å². The number of amides is 3. The van der Waals surface area contributed by atoms with E-state index < -0.39 is 59.0 Å². The normalized spacial score (nSPS) is 49.8. The van der Waals surface area contributed by atoms with Crippen LogP contribution in [0.25, 0.3) is 0 Å². The lowest BCUT2D eigenvalue weighted by Crippen LogP contribution is -2.80. The van der Waals surface area contributed by atoms with E-state index in [1.807, 2.05) is 27.7 Å². The zero-order valence-electron chi connectivity index (χ0n) is 16.0. The summed E-state index contributed by atoms with van der Waals surface area (Å²) < 4.78 is 5.78. The number of hydrogen-bond donors (Lipinski definition) is 4. The van der Waals surface area contributed by atoms with Gasteiger partial charge in [0.15, 0.2) is 6.23 Å². The van der Waals surface area contributed by atoms with E-state index in [1.54, 1.807) is 13.8 Å². The fourth-order valence-corrected chi connectivity index (χ4v) is 5.94. The van der Waals surface area contributed by atoms with Gasteiger partial charge in [0.05, 0.1) is 18.6 Å². The first-order valence-corrected chi connectivity index (χ1v) is 9.07. The number of aliphatic hydroxyl groups excluding tert-OH is 1. The summed E-state index contributed by atoms with van der Waals surface area (Å²) in [4.78, 5) is 26.6. The summed E-state index contributed by atoms with van der Waals surface area (Å²) >= 11 is 0. The second-order valence-electron chi connectivity index (χ2n) is 9.88. The van der Waals surface area contributed by atoms with Gasteiger partial charge in [-0.2, -0.15) is 0 Å². The molecule has 4 N–H and O–H groups in total. The predicted molar refractivity (Wildman–Crippen MR) is 89.6 cm³/mol. The fraction of sp³-hybridized carbons (Fsp3) is 0.889. The highest BCUT2D eigenvalue weighted by atomic mass is 16.6.